The van der Waals surface area contributed by atoms with Gasteiger partial charge in [0, 0.05) is 26.2 Å². The molecule has 8 nitrogen and oxygen atoms in total. The summed E-state index contributed by atoms with van der Waals surface area (Å²) in [5, 5.41) is 14.7. The van der Waals surface area contributed by atoms with Crippen LogP contribution in [0.5, 0.6) is 0 Å². The van der Waals surface area contributed by atoms with E-state index in [-0.39, 0.29) is 25.0 Å². The SMILES string of the molecule is COCCCC(NC(=O)OCC1c2ccccc2-c2ccccc21)C(=O)NCC(C(=O)O)C(C)C. The molecule has 0 spiro atoms. The number of amides is 2. The number of alkyl carbamates (subject to hydrolysis) is 1. The van der Waals surface area contributed by atoms with Crippen molar-refractivity contribution >= 4 is 18.0 Å². The van der Waals surface area contributed by atoms with Crippen molar-refractivity contribution in [3.8, 4) is 11.1 Å². The van der Waals surface area contributed by atoms with E-state index >= 15 is 0 Å². The highest BCUT2D eigenvalue weighted by atomic mass is 16.5. The molecule has 2 amide bonds. The number of rotatable bonds is 12. The van der Waals surface area contributed by atoms with Crippen LogP contribution in [0, 0.1) is 11.8 Å². The van der Waals surface area contributed by atoms with E-state index in [4.69, 9.17) is 9.47 Å². The number of carboxylic acids is 1. The first-order valence-corrected chi connectivity index (χ1v) is 11.9. The summed E-state index contributed by atoms with van der Waals surface area (Å²) >= 11 is 0. The standard InChI is InChI=1S/C27H34N2O6/c1-17(2)22(26(31)32)15-28-25(30)24(13-8-14-34-3)29-27(33)35-16-23-20-11-6-4-9-18(20)19-10-5-7-12-21(19)23/h4-7,9-12,17,22-24H,8,13-16H2,1-3H3,(H,28,30)(H,29,33)(H,31,32). The molecular weight excluding hydrogens is 448 g/mol. The van der Waals surface area contributed by atoms with Gasteiger partial charge in [0.05, 0.1) is 5.92 Å². The Kier molecular flexibility index (Phi) is 9.25. The molecule has 2 atom stereocenters. The van der Waals surface area contributed by atoms with Gasteiger partial charge in [-0.3, -0.25) is 9.59 Å². The average Bonchev–Trinajstić information content (AvgIpc) is 3.15. The molecule has 3 N–H and O–H groups in total. The zero-order valence-corrected chi connectivity index (χ0v) is 20.5. The van der Waals surface area contributed by atoms with Gasteiger partial charge in [-0.2, -0.15) is 0 Å². The molecule has 0 radical (unpaired) electrons. The highest BCUT2D eigenvalue weighted by molar-refractivity contribution is 5.86. The van der Waals surface area contributed by atoms with Crippen LogP contribution in [-0.4, -0.2) is 56.0 Å². The van der Waals surface area contributed by atoms with Crippen molar-refractivity contribution in [2.75, 3.05) is 26.9 Å². The second-order valence-electron chi connectivity index (χ2n) is 9.09. The highest BCUT2D eigenvalue weighted by Crippen LogP contribution is 2.44. The molecule has 1 aliphatic rings. The van der Waals surface area contributed by atoms with Crippen LogP contribution in [0.4, 0.5) is 4.79 Å². The van der Waals surface area contributed by atoms with Crippen LogP contribution >= 0.6 is 0 Å². The highest BCUT2D eigenvalue weighted by Gasteiger charge is 2.30. The minimum atomic E-state index is -0.972. The Hall–Kier alpha value is -3.39. The van der Waals surface area contributed by atoms with Crippen LogP contribution in [-0.2, 0) is 19.1 Å². The molecule has 2 aromatic rings. The molecule has 8 heteroatoms. The van der Waals surface area contributed by atoms with Gasteiger partial charge in [-0.05, 0) is 41.0 Å². The fourth-order valence-electron chi connectivity index (χ4n) is 4.42. The Morgan fingerprint density at radius 1 is 1.00 bits per heavy atom. The lowest BCUT2D eigenvalue weighted by Crippen LogP contribution is -2.49. The number of carboxylic acid groups (broad SMARTS) is 1. The van der Waals surface area contributed by atoms with E-state index in [2.05, 4.69) is 22.8 Å². The van der Waals surface area contributed by atoms with Crippen LogP contribution in [0.25, 0.3) is 11.1 Å². The van der Waals surface area contributed by atoms with Crippen LogP contribution < -0.4 is 10.6 Å². The minimum absolute atomic E-state index is 0.0149. The topological polar surface area (TPSA) is 114 Å². The third-order valence-corrected chi connectivity index (χ3v) is 6.41. The number of fused-ring (bicyclic) bond motifs is 3. The van der Waals surface area contributed by atoms with Crippen LogP contribution in [0.15, 0.2) is 48.5 Å². The Morgan fingerprint density at radius 2 is 1.60 bits per heavy atom. The van der Waals surface area contributed by atoms with Crippen molar-refractivity contribution in [2.45, 2.75) is 38.6 Å². The predicted octanol–water partition coefficient (Wildman–Crippen LogP) is 3.79. The second-order valence-corrected chi connectivity index (χ2v) is 9.09. The summed E-state index contributed by atoms with van der Waals surface area (Å²) in [6.07, 6.45) is 0.191. The van der Waals surface area contributed by atoms with E-state index in [1.54, 1.807) is 21.0 Å². The molecule has 0 aliphatic heterocycles. The van der Waals surface area contributed by atoms with E-state index < -0.39 is 29.9 Å². The lowest BCUT2D eigenvalue weighted by molar-refractivity contribution is -0.143. The van der Waals surface area contributed by atoms with Gasteiger partial charge in [-0.25, -0.2) is 4.79 Å². The largest absolute Gasteiger partial charge is 0.481 e. The molecule has 2 aromatic carbocycles. The first-order valence-electron chi connectivity index (χ1n) is 11.9. The quantitative estimate of drug-likeness (QED) is 0.397. The summed E-state index contributed by atoms with van der Waals surface area (Å²) in [6.45, 7) is 4.13. The van der Waals surface area contributed by atoms with Gasteiger partial charge in [0.15, 0.2) is 0 Å². The first kappa shape index (κ1) is 26.2. The fourth-order valence-corrected chi connectivity index (χ4v) is 4.42. The van der Waals surface area contributed by atoms with E-state index in [1.165, 1.54) is 0 Å². The van der Waals surface area contributed by atoms with Gasteiger partial charge >= 0.3 is 12.1 Å². The minimum Gasteiger partial charge on any atom is -0.481 e. The normalized spacial score (nSPS) is 14.1. The Labute approximate surface area is 206 Å². The summed E-state index contributed by atoms with van der Waals surface area (Å²) in [5.41, 5.74) is 4.47. The van der Waals surface area contributed by atoms with Gasteiger partial charge in [0.25, 0.3) is 0 Å². The molecule has 35 heavy (non-hydrogen) atoms. The summed E-state index contributed by atoms with van der Waals surface area (Å²) in [5.74, 6) is -2.36. The van der Waals surface area contributed by atoms with Crippen LogP contribution in [0.3, 0.4) is 0 Å². The van der Waals surface area contributed by atoms with Crippen LogP contribution in [0.1, 0.15) is 43.7 Å². The molecule has 0 heterocycles. The number of methoxy groups -OCH3 is 1. The number of ether oxygens (including phenoxy) is 2. The molecule has 2 unspecified atom stereocenters. The zero-order valence-electron chi connectivity index (χ0n) is 20.5. The lowest BCUT2D eigenvalue weighted by atomic mass is 9.96. The molecule has 188 valence electrons. The Bertz CT molecular complexity index is 992. The van der Waals surface area contributed by atoms with Crippen molar-refractivity contribution in [1.29, 1.82) is 0 Å². The van der Waals surface area contributed by atoms with Gasteiger partial charge < -0.3 is 25.2 Å². The molecule has 0 saturated heterocycles. The third kappa shape index (κ3) is 6.60. The van der Waals surface area contributed by atoms with E-state index in [0.717, 1.165) is 22.3 Å². The number of aliphatic carboxylic acids is 1. The van der Waals surface area contributed by atoms with Gasteiger partial charge in [0.2, 0.25) is 5.91 Å². The third-order valence-electron chi connectivity index (χ3n) is 6.41. The molecular formula is C27H34N2O6. The van der Waals surface area contributed by atoms with Crippen molar-refractivity contribution in [3.05, 3.63) is 59.7 Å². The molecule has 0 saturated carbocycles. The van der Waals surface area contributed by atoms with Gasteiger partial charge in [0.1, 0.15) is 12.6 Å². The number of nitrogens with one attached hydrogen (secondary N) is 2. The number of carbonyl (C=O) groups is 3. The number of hydrogen-bond acceptors (Lipinski definition) is 5. The maximum atomic E-state index is 12.8. The summed E-state index contributed by atoms with van der Waals surface area (Å²) in [6, 6.07) is 15.3. The molecule has 1 aliphatic carbocycles. The molecule has 3 rings (SSSR count). The average molecular weight is 483 g/mol. The van der Waals surface area contributed by atoms with Crippen molar-refractivity contribution in [1.82, 2.24) is 10.6 Å². The van der Waals surface area contributed by atoms with Crippen molar-refractivity contribution in [2.24, 2.45) is 11.8 Å². The summed E-state index contributed by atoms with van der Waals surface area (Å²) in [7, 11) is 1.56. The smallest absolute Gasteiger partial charge is 0.407 e. The zero-order chi connectivity index (χ0) is 25.4. The maximum Gasteiger partial charge on any atom is 0.407 e. The van der Waals surface area contributed by atoms with Crippen molar-refractivity contribution in [3.63, 3.8) is 0 Å². The van der Waals surface area contributed by atoms with Gasteiger partial charge in [-0.1, -0.05) is 62.4 Å². The van der Waals surface area contributed by atoms with E-state index in [0.29, 0.717) is 19.4 Å². The number of hydrogen-bond donors (Lipinski definition) is 3. The summed E-state index contributed by atoms with van der Waals surface area (Å²) < 4.78 is 10.6. The first-order chi connectivity index (χ1) is 16.8. The molecule has 0 aromatic heterocycles. The van der Waals surface area contributed by atoms with E-state index in [9.17, 15) is 19.5 Å². The second kappa shape index (κ2) is 12.4. The fraction of sp³-hybridized carbons (Fsp3) is 0.444. The lowest BCUT2D eigenvalue weighted by Gasteiger charge is -2.22. The maximum absolute atomic E-state index is 12.8. The van der Waals surface area contributed by atoms with Gasteiger partial charge in [-0.15, -0.1) is 0 Å². The Balaban J connectivity index is 1.62. The molecule has 0 bridgehead atoms. The number of carbonyl (C=O) groups excluding carboxylic acids is 2. The number of benzene rings is 2. The Morgan fingerprint density at radius 3 is 2.14 bits per heavy atom. The molecule has 0 fully saturated rings. The monoisotopic (exact) mass is 482 g/mol. The van der Waals surface area contributed by atoms with E-state index in [1.807, 2.05) is 36.4 Å². The summed E-state index contributed by atoms with van der Waals surface area (Å²) in [4.78, 5) is 36.9. The van der Waals surface area contributed by atoms with Crippen LogP contribution in [0.2, 0.25) is 0 Å². The predicted molar refractivity (Wildman–Crippen MR) is 132 cm³/mol. The van der Waals surface area contributed by atoms with Crippen molar-refractivity contribution < 1.29 is 29.0 Å².